The van der Waals surface area contributed by atoms with Gasteiger partial charge < -0.3 is 21.5 Å². The second-order valence-corrected chi connectivity index (χ2v) is 4.94. The molecule has 1 aromatic carbocycles. The largest absolute Gasteiger partial charge is 0.508 e. The van der Waals surface area contributed by atoms with E-state index in [0.29, 0.717) is 6.42 Å². The normalized spacial score (nSPS) is 11.2. The number of hydrogen-bond donors (Lipinski definition) is 4. The van der Waals surface area contributed by atoms with E-state index in [-0.39, 0.29) is 11.7 Å². The Morgan fingerprint density at radius 1 is 1.19 bits per heavy atom. The summed E-state index contributed by atoms with van der Waals surface area (Å²) in [5.41, 5.74) is 7.08. The molecule has 0 aliphatic carbocycles. The van der Waals surface area contributed by atoms with Crippen molar-refractivity contribution in [3.8, 4) is 5.75 Å². The minimum absolute atomic E-state index is 0.219. The number of nitrogens with two attached hydrogens (primary N) is 1. The molecule has 0 spiro atoms. The summed E-state index contributed by atoms with van der Waals surface area (Å²) in [6.07, 6.45) is 6.48. The van der Waals surface area contributed by atoms with Crippen molar-refractivity contribution in [3.05, 3.63) is 36.0 Å². The molecule has 5 N–H and O–H groups in total. The van der Waals surface area contributed by atoms with Crippen molar-refractivity contribution < 1.29 is 9.90 Å². The van der Waals surface area contributed by atoms with Crippen LogP contribution in [0.2, 0.25) is 0 Å². The van der Waals surface area contributed by atoms with E-state index in [2.05, 4.69) is 10.6 Å². The fraction of sp³-hybridized carbons (Fsp3) is 0.438. The molecule has 0 aliphatic rings. The Labute approximate surface area is 126 Å². The summed E-state index contributed by atoms with van der Waals surface area (Å²) in [5.74, 6) is 0.0433. The van der Waals surface area contributed by atoms with Crippen LogP contribution in [0.15, 0.2) is 30.5 Å². The second-order valence-electron chi connectivity index (χ2n) is 4.94. The van der Waals surface area contributed by atoms with Gasteiger partial charge in [-0.1, -0.05) is 12.8 Å². The number of carbonyl (C=O) groups is 1. The molecule has 0 heterocycles. The van der Waals surface area contributed by atoms with Crippen LogP contribution in [0, 0.1) is 0 Å². The molecule has 0 saturated heterocycles. The van der Waals surface area contributed by atoms with Gasteiger partial charge in [-0.3, -0.25) is 4.79 Å². The molecule has 0 fully saturated rings. The van der Waals surface area contributed by atoms with E-state index in [1.54, 1.807) is 12.1 Å². The Bertz CT molecular complexity index is 455. The molecule has 0 bridgehead atoms. The number of amides is 1. The molecule has 0 radical (unpaired) electrons. The van der Waals surface area contributed by atoms with Gasteiger partial charge in [0.15, 0.2) is 0 Å². The number of primary amides is 1. The molecule has 116 valence electrons. The summed E-state index contributed by atoms with van der Waals surface area (Å²) in [6, 6.07) is 7.06. The molecule has 1 aromatic rings. The topological polar surface area (TPSA) is 87.4 Å². The van der Waals surface area contributed by atoms with Crippen LogP contribution in [-0.2, 0) is 4.79 Å². The lowest BCUT2D eigenvalue weighted by Gasteiger charge is -2.09. The third kappa shape index (κ3) is 7.25. The number of phenols is 1. The Kier molecular flexibility index (Phi) is 7.79. The van der Waals surface area contributed by atoms with Gasteiger partial charge in [0, 0.05) is 26.2 Å². The standard InChI is InChI=1S/C16H25N3O2/c1-18-15(13-7-9-14(20)10-8-13)12-19-11-5-3-2-4-6-16(17)21/h7-10,12,18-20H,2-6,11H2,1H3,(H2,17,21)/b15-12-. The maximum absolute atomic E-state index is 10.6. The van der Waals surface area contributed by atoms with E-state index in [1.807, 2.05) is 25.4 Å². The highest BCUT2D eigenvalue weighted by Crippen LogP contribution is 2.15. The minimum atomic E-state index is -0.219. The fourth-order valence-corrected chi connectivity index (χ4v) is 1.99. The molecule has 5 nitrogen and oxygen atoms in total. The number of carbonyl (C=O) groups excluding carboxylic acids is 1. The zero-order valence-electron chi connectivity index (χ0n) is 12.6. The molecular formula is C16H25N3O2. The van der Waals surface area contributed by atoms with Gasteiger partial charge in [0.1, 0.15) is 5.75 Å². The third-order valence-corrected chi connectivity index (χ3v) is 3.19. The number of benzene rings is 1. The first-order valence-electron chi connectivity index (χ1n) is 7.32. The summed E-state index contributed by atoms with van der Waals surface area (Å²) in [4.78, 5) is 10.6. The predicted molar refractivity (Wildman–Crippen MR) is 85.4 cm³/mol. The highest BCUT2D eigenvalue weighted by Gasteiger charge is 1.99. The van der Waals surface area contributed by atoms with Gasteiger partial charge in [0.25, 0.3) is 0 Å². The maximum Gasteiger partial charge on any atom is 0.217 e. The predicted octanol–water partition coefficient (Wildman–Crippen LogP) is 1.94. The van der Waals surface area contributed by atoms with Crippen LogP contribution in [0.4, 0.5) is 0 Å². The molecule has 0 saturated carbocycles. The average molecular weight is 291 g/mol. The minimum Gasteiger partial charge on any atom is -0.508 e. The smallest absolute Gasteiger partial charge is 0.217 e. The van der Waals surface area contributed by atoms with Gasteiger partial charge in [-0.05, 0) is 42.7 Å². The Hall–Kier alpha value is -2.17. The van der Waals surface area contributed by atoms with E-state index in [0.717, 1.165) is 43.5 Å². The van der Waals surface area contributed by atoms with E-state index < -0.39 is 0 Å². The summed E-state index contributed by atoms with van der Waals surface area (Å²) < 4.78 is 0. The van der Waals surface area contributed by atoms with Crippen LogP contribution >= 0.6 is 0 Å². The van der Waals surface area contributed by atoms with Gasteiger partial charge >= 0.3 is 0 Å². The molecule has 1 amide bonds. The van der Waals surface area contributed by atoms with Crippen molar-refractivity contribution in [3.63, 3.8) is 0 Å². The van der Waals surface area contributed by atoms with Crippen LogP contribution < -0.4 is 16.4 Å². The summed E-state index contributed by atoms with van der Waals surface area (Å²) in [5, 5.41) is 15.7. The highest BCUT2D eigenvalue weighted by molar-refractivity contribution is 5.73. The number of unbranched alkanes of at least 4 members (excludes halogenated alkanes) is 3. The van der Waals surface area contributed by atoms with Crippen molar-refractivity contribution >= 4 is 11.6 Å². The molecule has 0 atom stereocenters. The molecular weight excluding hydrogens is 266 g/mol. The number of nitrogens with one attached hydrogen (secondary N) is 2. The first-order chi connectivity index (χ1) is 10.1. The van der Waals surface area contributed by atoms with Crippen molar-refractivity contribution in [2.45, 2.75) is 32.1 Å². The first-order valence-corrected chi connectivity index (χ1v) is 7.32. The Morgan fingerprint density at radius 2 is 1.86 bits per heavy atom. The van der Waals surface area contributed by atoms with E-state index in [4.69, 9.17) is 5.73 Å². The number of hydrogen-bond acceptors (Lipinski definition) is 4. The summed E-state index contributed by atoms with van der Waals surface area (Å²) in [7, 11) is 1.87. The van der Waals surface area contributed by atoms with Crippen molar-refractivity contribution in [1.82, 2.24) is 10.6 Å². The summed E-state index contributed by atoms with van der Waals surface area (Å²) >= 11 is 0. The highest BCUT2D eigenvalue weighted by atomic mass is 16.3. The SMILES string of the molecule is CN/C(=C\NCCCCCCC(N)=O)c1ccc(O)cc1. The van der Waals surface area contributed by atoms with Gasteiger partial charge in [-0.25, -0.2) is 0 Å². The lowest BCUT2D eigenvalue weighted by atomic mass is 10.1. The van der Waals surface area contributed by atoms with Gasteiger partial charge in [-0.15, -0.1) is 0 Å². The molecule has 0 aromatic heterocycles. The molecule has 21 heavy (non-hydrogen) atoms. The van der Waals surface area contributed by atoms with Crippen molar-refractivity contribution in [2.75, 3.05) is 13.6 Å². The zero-order valence-corrected chi connectivity index (χ0v) is 12.6. The second kappa shape index (κ2) is 9.69. The van der Waals surface area contributed by atoms with Crippen molar-refractivity contribution in [1.29, 1.82) is 0 Å². The number of aromatic hydroxyl groups is 1. The maximum atomic E-state index is 10.6. The van der Waals surface area contributed by atoms with E-state index >= 15 is 0 Å². The van der Waals surface area contributed by atoms with Crippen LogP contribution in [0.5, 0.6) is 5.75 Å². The van der Waals surface area contributed by atoms with Crippen LogP contribution in [-0.4, -0.2) is 24.6 Å². The van der Waals surface area contributed by atoms with Gasteiger partial charge in [-0.2, -0.15) is 0 Å². The average Bonchev–Trinajstić information content (AvgIpc) is 2.47. The van der Waals surface area contributed by atoms with Crippen molar-refractivity contribution in [2.24, 2.45) is 5.73 Å². The lowest BCUT2D eigenvalue weighted by Crippen LogP contribution is -2.13. The number of phenolic OH excluding ortho intramolecular Hbond substituents is 1. The Morgan fingerprint density at radius 3 is 2.48 bits per heavy atom. The monoisotopic (exact) mass is 291 g/mol. The molecule has 1 rings (SSSR count). The van der Waals surface area contributed by atoms with Crippen LogP contribution in [0.3, 0.4) is 0 Å². The van der Waals surface area contributed by atoms with Gasteiger partial charge in [0.2, 0.25) is 5.91 Å². The van der Waals surface area contributed by atoms with E-state index in [9.17, 15) is 9.90 Å². The quantitative estimate of drug-likeness (QED) is 0.496. The zero-order chi connectivity index (χ0) is 15.5. The molecule has 5 heteroatoms. The third-order valence-electron chi connectivity index (χ3n) is 3.19. The van der Waals surface area contributed by atoms with Crippen LogP contribution in [0.25, 0.3) is 5.70 Å². The Balaban J connectivity index is 2.24. The molecule has 0 aliphatic heterocycles. The van der Waals surface area contributed by atoms with Gasteiger partial charge in [0.05, 0.1) is 5.70 Å². The van der Waals surface area contributed by atoms with E-state index in [1.165, 1.54) is 0 Å². The molecule has 0 unspecified atom stereocenters. The van der Waals surface area contributed by atoms with Crippen LogP contribution in [0.1, 0.15) is 37.7 Å². The number of rotatable bonds is 10. The summed E-state index contributed by atoms with van der Waals surface area (Å²) in [6.45, 7) is 0.889. The first kappa shape index (κ1) is 16.9. The fourth-order valence-electron chi connectivity index (χ4n) is 1.99. The lowest BCUT2D eigenvalue weighted by molar-refractivity contribution is -0.118.